The monoisotopic (exact) mass is 387 g/mol. The van der Waals surface area contributed by atoms with Gasteiger partial charge >= 0.3 is 6.09 Å². The molecule has 0 aliphatic carbocycles. The Morgan fingerprint density at radius 1 is 1.21 bits per heavy atom. The highest BCUT2D eigenvalue weighted by Gasteiger charge is 2.40. The van der Waals surface area contributed by atoms with Gasteiger partial charge in [-0.15, -0.1) is 0 Å². The van der Waals surface area contributed by atoms with E-state index in [1.807, 2.05) is 50.3 Å². The minimum atomic E-state index is -0.551. The third kappa shape index (κ3) is 6.48. The maximum atomic E-state index is 12.8. The van der Waals surface area contributed by atoms with Gasteiger partial charge in [0.1, 0.15) is 6.61 Å². The summed E-state index contributed by atoms with van der Waals surface area (Å²) >= 11 is 0. The zero-order valence-corrected chi connectivity index (χ0v) is 17.0. The van der Waals surface area contributed by atoms with Crippen molar-refractivity contribution in [2.24, 2.45) is 0 Å². The molecule has 1 aromatic carbocycles. The van der Waals surface area contributed by atoms with E-state index in [-0.39, 0.29) is 30.6 Å². The summed E-state index contributed by atoms with van der Waals surface area (Å²) in [7, 11) is 0. The number of ketones is 1. The van der Waals surface area contributed by atoms with Crippen molar-refractivity contribution in [1.82, 2.24) is 4.90 Å². The Morgan fingerprint density at radius 2 is 1.96 bits per heavy atom. The van der Waals surface area contributed by atoms with Crippen molar-refractivity contribution in [2.45, 2.75) is 83.6 Å². The SMILES string of the molecule is CCCC(=O)/C=C/C[C@H]1CC[C@@H]([C@H](O)CCC)N1C(=O)OCc1ccccc1. The zero-order valence-electron chi connectivity index (χ0n) is 17.0. The molecule has 1 amide bonds. The predicted octanol–water partition coefficient (Wildman–Crippen LogP) is 4.63. The first-order valence-electron chi connectivity index (χ1n) is 10.4. The molecule has 1 aliphatic heterocycles. The van der Waals surface area contributed by atoms with Gasteiger partial charge in [0.15, 0.2) is 5.78 Å². The second-order valence-corrected chi connectivity index (χ2v) is 7.46. The van der Waals surface area contributed by atoms with Crippen molar-refractivity contribution in [3.63, 3.8) is 0 Å². The first-order valence-corrected chi connectivity index (χ1v) is 10.4. The Kier molecular flexibility index (Phi) is 9.21. The number of aliphatic hydroxyl groups is 1. The Labute approximate surface area is 168 Å². The van der Waals surface area contributed by atoms with Gasteiger partial charge in [0.2, 0.25) is 0 Å². The van der Waals surface area contributed by atoms with Crippen molar-refractivity contribution in [2.75, 3.05) is 0 Å². The predicted molar refractivity (Wildman–Crippen MR) is 110 cm³/mol. The normalized spacial score (nSPS) is 20.5. The summed E-state index contributed by atoms with van der Waals surface area (Å²) in [5.41, 5.74) is 0.933. The third-order valence-corrected chi connectivity index (χ3v) is 5.20. The lowest BCUT2D eigenvalue weighted by molar-refractivity contribution is -0.114. The molecule has 1 heterocycles. The molecule has 0 radical (unpaired) electrons. The van der Waals surface area contributed by atoms with Gasteiger partial charge in [0.05, 0.1) is 12.1 Å². The van der Waals surface area contributed by atoms with Crippen molar-refractivity contribution in [3.05, 3.63) is 48.0 Å². The average Bonchev–Trinajstić information content (AvgIpc) is 3.11. The molecule has 5 heteroatoms. The smallest absolute Gasteiger partial charge is 0.410 e. The van der Waals surface area contributed by atoms with Crippen LogP contribution in [0.5, 0.6) is 0 Å². The van der Waals surface area contributed by atoms with Gasteiger partial charge in [-0.2, -0.15) is 0 Å². The van der Waals surface area contributed by atoms with Crippen LogP contribution in [0.4, 0.5) is 4.79 Å². The Morgan fingerprint density at radius 3 is 2.64 bits per heavy atom. The zero-order chi connectivity index (χ0) is 20.4. The van der Waals surface area contributed by atoms with E-state index in [0.29, 0.717) is 19.3 Å². The fourth-order valence-corrected chi connectivity index (χ4v) is 3.77. The minimum Gasteiger partial charge on any atom is -0.445 e. The van der Waals surface area contributed by atoms with Crippen LogP contribution in [0.15, 0.2) is 42.5 Å². The van der Waals surface area contributed by atoms with E-state index in [4.69, 9.17) is 4.74 Å². The van der Waals surface area contributed by atoms with Gasteiger partial charge in [-0.1, -0.05) is 56.7 Å². The van der Waals surface area contributed by atoms with E-state index in [1.165, 1.54) is 0 Å². The van der Waals surface area contributed by atoms with E-state index in [1.54, 1.807) is 11.0 Å². The molecule has 1 aliphatic rings. The maximum absolute atomic E-state index is 12.8. The molecule has 1 saturated heterocycles. The van der Waals surface area contributed by atoms with E-state index in [9.17, 15) is 14.7 Å². The van der Waals surface area contributed by atoms with Gasteiger partial charge in [0.25, 0.3) is 0 Å². The molecular formula is C23H33NO4. The van der Waals surface area contributed by atoms with Gasteiger partial charge < -0.3 is 9.84 Å². The first kappa shape index (κ1) is 22.2. The summed E-state index contributed by atoms with van der Waals surface area (Å²) in [4.78, 5) is 26.3. The largest absolute Gasteiger partial charge is 0.445 e. The number of carbonyl (C=O) groups excluding carboxylic acids is 2. The number of allylic oxidation sites excluding steroid dienone is 1. The molecule has 28 heavy (non-hydrogen) atoms. The molecule has 1 N–H and O–H groups in total. The van der Waals surface area contributed by atoms with Crippen molar-refractivity contribution >= 4 is 11.9 Å². The lowest BCUT2D eigenvalue weighted by Crippen LogP contribution is -2.46. The molecule has 2 rings (SSSR count). The minimum absolute atomic E-state index is 0.0505. The molecule has 154 valence electrons. The maximum Gasteiger partial charge on any atom is 0.410 e. The standard InChI is InChI=1S/C23H33NO4/c1-3-9-20(25)14-8-13-19-15-16-21(22(26)10-4-2)24(19)23(27)28-17-18-11-6-5-7-12-18/h5-8,11-12,14,19,21-22,26H,3-4,9-10,13,15-17H2,1-2H3/b14-8+/t19-,21-,22+/m0/s1. The summed E-state index contributed by atoms with van der Waals surface area (Å²) in [5.74, 6) is 0.112. The Balaban J connectivity index is 2.03. The number of nitrogens with zero attached hydrogens (tertiary/aromatic N) is 1. The number of hydrogen-bond acceptors (Lipinski definition) is 4. The lowest BCUT2D eigenvalue weighted by atomic mass is 10.0. The average molecular weight is 388 g/mol. The first-order chi connectivity index (χ1) is 13.6. The number of rotatable bonds is 10. The highest BCUT2D eigenvalue weighted by molar-refractivity contribution is 5.89. The topological polar surface area (TPSA) is 66.8 Å². The van der Waals surface area contributed by atoms with Crippen LogP contribution in [0.2, 0.25) is 0 Å². The number of hydrogen-bond donors (Lipinski definition) is 1. The van der Waals surface area contributed by atoms with Gasteiger partial charge in [-0.25, -0.2) is 4.79 Å². The molecule has 0 aromatic heterocycles. The van der Waals surface area contributed by atoms with Gasteiger partial charge in [-0.3, -0.25) is 9.69 Å². The number of ether oxygens (including phenoxy) is 1. The summed E-state index contributed by atoms with van der Waals surface area (Å²) < 4.78 is 5.55. The van der Waals surface area contributed by atoms with E-state index >= 15 is 0 Å². The van der Waals surface area contributed by atoms with Crippen LogP contribution in [0.1, 0.15) is 64.4 Å². The van der Waals surface area contributed by atoms with Crippen LogP contribution in [0.3, 0.4) is 0 Å². The quantitative estimate of drug-likeness (QED) is 0.594. The van der Waals surface area contributed by atoms with Crippen LogP contribution < -0.4 is 0 Å². The van der Waals surface area contributed by atoms with Crippen LogP contribution in [0.25, 0.3) is 0 Å². The Bertz CT molecular complexity index is 643. The summed E-state index contributed by atoms with van der Waals surface area (Å²) in [6, 6.07) is 9.30. The molecule has 0 bridgehead atoms. The van der Waals surface area contributed by atoms with Crippen molar-refractivity contribution in [3.8, 4) is 0 Å². The fourth-order valence-electron chi connectivity index (χ4n) is 3.77. The molecule has 0 saturated carbocycles. The van der Waals surface area contributed by atoms with Gasteiger partial charge in [-0.05, 0) is 43.7 Å². The molecule has 3 atom stereocenters. The van der Waals surface area contributed by atoms with Crippen molar-refractivity contribution < 1.29 is 19.4 Å². The number of benzene rings is 1. The lowest BCUT2D eigenvalue weighted by Gasteiger charge is -2.32. The molecule has 1 aromatic rings. The summed E-state index contributed by atoms with van der Waals surface area (Å²) in [5, 5.41) is 10.5. The molecule has 1 fully saturated rings. The molecule has 0 spiro atoms. The van der Waals surface area contributed by atoms with Gasteiger partial charge in [0, 0.05) is 12.5 Å². The van der Waals surface area contributed by atoms with Crippen LogP contribution >= 0.6 is 0 Å². The number of aliphatic hydroxyl groups excluding tert-OH is 1. The summed E-state index contributed by atoms with van der Waals surface area (Å²) in [6.07, 6.45) is 7.58. The second kappa shape index (κ2) is 11.6. The molecule has 0 unspecified atom stereocenters. The van der Waals surface area contributed by atoms with Crippen LogP contribution in [-0.2, 0) is 16.1 Å². The van der Waals surface area contributed by atoms with Crippen LogP contribution in [-0.4, -0.2) is 40.1 Å². The summed E-state index contributed by atoms with van der Waals surface area (Å²) in [6.45, 7) is 4.22. The third-order valence-electron chi connectivity index (χ3n) is 5.20. The highest BCUT2D eigenvalue weighted by atomic mass is 16.6. The molecular weight excluding hydrogens is 354 g/mol. The highest BCUT2D eigenvalue weighted by Crippen LogP contribution is 2.31. The van der Waals surface area contributed by atoms with Crippen LogP contribution in [0, 0.1) is 0 Å². The Hall–Kier alpha value is -2.14. The van der Waals surface area contributed by atoms with Crippen molar-refractivity contribution in [1.29, 1.82) is 0 Å². The fraction of sp³-hybridized carbons (Fsp3) is 0.565. The second-order valence-electron chi connectivity index (χ2n) is 7.46. The van der Waals surface area contributed by atoms with E-state index in [0.717, 1.165) is 31.2 Å². The number of amides is 1. The van der Waals surface area contributed by atoms with E-state index < -0.39 is 6.10 Å². The number of likely N-dealkylation sites (tertiary alicyclic amines) is 1. The van der Waals surface area contributed by atoms with E-state index in [2.05, 4.69) is 0 Å². The molecule has 5 nitrogen and oxygen atoms in total. The number of carbonyl (C=O) groups is 2.